The summed E-state index contributed by atoms with van der Waals surface area (Å²) in [6.07, 6.45) is 5.14. The van der Waals surface area contributed by atoms with E-state index in [1.165, 1.54) is 0 Å². The highest BCUT2D eigenvalue weighted by Crippen LogP contribution is 2.25. The molecule has 1 aliphatic heterocycles. The van der Waals surface area contributed by atoms with Crippen molar-refractivity contribution in [2.24, 2.45) is 0 Å². The fourth-order valence-electron chi connectivity index (χ4n) is 1.96. The molecule has 0 spiro atoms. The van der Waals surface area contributed by atoms with Crippen molar-refractivity contribution in [3.63, 3.8) is 0 Å². The molecule has 1 saturated heterocycles. The third-order valence-electron chi connectivity index (χ3n) is 2.85. The molecular formula is C12H15ClN2O2. The van der Waals surface area contributed by atoms with Gasteiger partial charge in [0.1, 0.15) is 16.9 Å². The van der Waals surface area contributed by atoms with E-state index in [4.69, 9.17) is 16.3 Å². The van der Waals surface area contributed by atoms with Crippen LogP contribution in [-0.2, 0) is 4.79 Å². The zero-order chi connectivity index (χ0) is 12.3. The molecule has 0 radical (unpaired) electrons. The van der Waals surface area contributed by atoms with Crippen molar-refractivity contribution >= 4 is 17.5 Å². The molecule has 0 saturated carbocycles. The molecule has 1 aliphatic rings. The van der Waals surface area contributed by atoms with Crippen LogP contribution in [0.15, 0.2) is 18.5 Å². The number of ether oxygens (including phenoxy) is 1. The van der Waals surface area contributed by atoms with E-state index in [9.17, 15) is 4.79 Å². The molecule has 1 unspecified atom stereocenters. The number of rotatable bonds is 2. The van der Waals surface area contributed by atoms with E-state index >= 15 is 0 Å². The van der Waals surface area contributed by atoms with Crippen LogP contribution >= 0.6 is 11.6 Å². The minimum absolute atomic E-state index is 0.0209. The Morgan fingerprint density at radius 3 is 3.18 bits per heavy atom. The molecule has 2 rings (SSSR count). The molecule has 1 aromatic rings. The van der Waals surface area contributed by atoms with Crippen LogP contribution in [0, 0.1) is 0 Å². The fourth-order valence-corrected chi connectivity index (χ4v) is 2.12. The summed E-state index contributed by atoms with van der Waals surface area (Å²) in [7, 11) is 0. The maximum atomic E-state index is 11.3. The Kier molecular flexibility index (Phi) is 3.84. The molecule has 2 heterocycles. The van der Waals surface area contributed by atoms with E-state index in [0.29, 0.717) is 17.3 Å². The van der Waals surface area contributed by atoms with Gasteiger partial charge in [0.05, 0.1) is 6.54 Å². The molecule has 0 bridgehead atoms. The predicted molar refractivity (Wildman–Crippen MR) is 65.2 cm³/mol. The summed E-state index contributed by atoms with van der Waals surface area (Å²) < 4.78 is 5.80. The highest BCUT2D eigenvalue weighted by atomic mass is 35.5. The maximum Gasteiger partial charge on any atom is 0.219 e. The van der Waals surface area contributed by atoms with Gasteiger partial charge in [-0.3, -0.25) is 9.78 Å². The summed E-state index contributed by atoms with van der Waals surface area (Å²) in [6, 6.07) is 1.75. The number of carbonyl (C=O) groups excluding carboxylic acids is 1. The van der Waals surface area contributed by atoms with Crippen LogP contribution in [0.3, 0.4) is 0 Å². The summed E-state index contributed by atoms with van der Waals surface area (Å²) >= 11 is 5.97. The molecule has 1 aromatic heterocycles. The summed E-state index contributed by atoms with van der Waals surface area (Å²) in [5, 5.41) is 0.507. The number of carbonyl (C=O) groups is 1. The lowest BCUT2D eigenvalue weighted by molar-refractivity contribution is -0.131. The predicted octanol–water partition coefficient (Wildman–Crippen LogP) is 2.12. The molecule has 0 aromatic carbocycles. The number of hydrogen-bond acceptors (Lipinski definition) is 3. The summed E-state index contributed by atoms with van der Waals surface area (Å²) in [6.45, 7) is 3.04. The van der Waals surface area contributed by atoms with E-state index in [2.05, 4.69) is 4.98 Å². The molecule has 1 fully saturated rings. The summed E-state index contributed by atoms with van der Waals surface area (Å²) in [4.78, 5) is 17.0. The molecule has 5 heteroatoms. The summed E-state index contributed by atoms with van der Waals surface area (Å²) in [5.74, 6) is 0.733. The number of halogens is 1. The van der Waals surface area contributed by atoms with E-state index < -0.39 is 0 Å². The second-order valence-electron chi connectivity index (χ2n) is 4.15. The first-order valence-electron chi connectivity index (χ1n) is 5.68. The van der Waals surface area contributed by atoms with Gasteiger partial charge in [0.25, 0.3) is 0 Å². The lowest BCUT2D eigenvalue weighted by Gasteiger charge is -2.32. The van der Waals surface area contributed by atoms with Gasteiger partial charge >= 0.3 is 0 Å². The molecular weight excluding hydrogens is 240 g/mol. The van der Waals surface area contributed by atoms with Crippen LogP contribution in [0.4, 0.5) is 0 Å². The van der Waals surface area contributed by atoms with Crippen molar-refractivity contribution in [1.29, 1.82) is 0 Å². The minimum Gasteiger partial charge on any atom is -0.487 e. The highest BCUT2D eigenvalue weighted by molar-refractivity contribution is 6.31. The van der Waals surface area contributed by atoms with E-state index in [1.54, 1.807) is 25.4 Å². The zero-order valence-corrected chi connectivity index (χ0v) is 10.5. The fraction of sp³-hybridized carbons (Fsp3) is 0.500. The lowest BCUT2D eigenvalue weighted by Crippen LogP contribution is -2.43. The number of likely N-dealkylation sites (tertiary alicyclic amines) is 1. The molecule has 0 aliphatic carbocycles. The van der Waals surface area contributed by atoms with Crippen LogP contribution in [0.1, 0.15) is 19.8 Å². The Morgan fingerprint density at radius 1 is 1.65 bits per heavy atom. The second-order valence-corrected chi connectivity index (χ2v) is 4.56. The first-order valence-corrected chi connectivity index (χ1v) is 6.06. The first kappa shape index (κ1) is 12.2. The van der Waals surface area contributed by atoms with Gasteiger partial charge in [-0.2, -0.15) is 0 Å². The minimum atomic E-state index is 0.0209. The van der Waals surface area contributed by atoms with Crippen LogP contribution in [0.2, 0.25) is 5.02 Å². The Labute approximate surface area is 106 Å². The maximum absolute atomic E-state index is 11.3. The van der Waals surface area contributed by atoms with Crippen molar-refractivity contribution < 1.29 is 9.53 Å². The second kappa shape index (κ2) is 5.36. The summed E-state index contributed by atoms with van der Waals surface area (Å²) in [5.41, 5.74) is 0. The van der Waals surface area contributed by atoms with Crippen LogP contribution in [-0.4, -0.2) is 35.0 Å². The standard InChI is InChI=1S/C12H15ClN2O2/c1-9(16)15-6-2-3-10(8-15)17-12-4-5-14-7-11(12)13/h4-5,7,10H,2-3,6,8H2,1H3. The number of pyridine rings is 1. The van der Waals surface area contributed by atoms with E-state index in [1.807, 2.05) is 4.90 Å². The number of hydrogen-bond donors (Lipinski definition) is 0. The monoisotopic (exact) mass is 254 g/mol. The smallest absolute Gasteiger partial charge is 0.219 e. The zero-order valence-electron chi connectivity index (χ0n) is 9.73. The molecule has 0 N–H and O–H groups in total. The molecule has 4 nitrogen and oxygen atoms in total. The van der Waals surface area contributed by atoms with Gasteiger partial charge in [-0.05, 0) is 12.8 Å². The number of piperidine rings is 1. The number of aromatic nitrogens is 1. The van der Waals surface area contributed by atoms with Gasteiger partial charge in [-0.1, -0.05) is 11.6 Å². The Bertz CT molecular complexity index is 411. The Hall–Kier alpha value is -1.29. The van der Waals surface area contributed by atoms with Crippen molar-refractivity contribution in [1.82, 2.24) is 9.88 Å². The van der Waals surface area contributed by atoms with Crippen LogP contribution in [0.25, 0.3) is 0 Å². The quantitative estimate of drug-likeness (QED) is 0.812. The van der Waals surface area contributed by atoms with Crippen molar-refractivity contribution in [3.8, 4) is 5.75 Å². The third kappa shape index (κ3) is 3.09. The van der Waals surface area contributed by atoms with Crippen molar-refractivity contribution in [2.45, 2.75) is 25.9 Å². The number of nitrogens with zero attached hydrogens (tertiary/aromatic N) is 2. The van der Waals surface area contributed by atoms with Crippen molar-refractivity contribution in [3.05, 3.63) is 23.5 Å². The molecule has 17 heavy (non-hydrogen) atoms. The van der Waals surface area contributed by atoms with E-state index in [-0.39, 0.29) is 12.0 Å². The van der Waals surface area contributed by atoms with Gasteiger partial charge in [0.15, 0.2) is 0 Å². The lowest BCUT2D eigenvalue weighted by atomic mass is 10.1. The first-order chi connectivity index (χ1) is 8.16. The van der Waals surface area contributed by atoms with E-state index in [0.717, 1.165) is 19.4 Å². The molecule has 1 atom stereocenters. The Morgan fingerprint density at radius 2 is 2.47 bits per heavy atom. The highest BCUT2D eigenvalue weighted by Gasteiger charge is 2.23. The molecule has 1 amide bonds. The van der Waals surface area contributed by atoms with Gasteiger partial charge in [-0.25, -0.2) is 0 Å². The Balaban J connectivity index is 1.99. The largest absolute Gasteiger partial charge is 0.487 e. The number of amides is 1. The van der Waals surface area contributed by atoms with Gasteiger partial charge in [0.2, 0.25) is 5.91 Å². The molecule has 92 valence electrons. The van der Waals surface area contributed by atoms with Gasteiger partial charge in [-0.15, -0.1) is 0 Å². The third-order valence-corrected chi connectivity index (χ3v) is 3.14. The topological polar surface area (TPSA) is 42.4 Å². The average Bonchev–Trinajstić information content (AvgIpc) is 2.32. The van der Waals surface area contributed by atoms with Crippen LogP contribution < -0.4 is 4.74 Å². The van der Waals surface area contributed by atoms with Crippen molar-refractivity contribution in [2.75, 3.05) is 13.1 Å². The normalized spacial score (nSPS) is 20.1. The van der Waals surface area contributed by atoms with Crippen LogP contribution in [0.5, 0.6) is 5.75 Å². The SMILES string of the molecule is CC(=O)N1CCCC(Oc2ccncc2Cl)C1. The average molecular weight is 255 g/mol. The van der Waals surface area contributed by atoms with Gasteiger partial charge in [0, 0.05) is 31.9 Å². The van der Waals surface area contributed by atoms with Gasteiger partial charge < -0.3 is 9.64 Å².